The van der Waals surface area contributed by atoms with Gasteiger partial charge in [-0.2, -0.15) is 5.10 Å². The maximum atomic E-state index is 11.7. The minimum absolute atomic E-state index is 0.0167. The lowest BCUT2D eigenvalue weighted by Gasteiger charge is -2.02. The number of phenols is 1. The summed E-state index contributed by atoms with van der Waals surface area (Å²) in [6.45, 7) is 1.59. The molecule has 0 atom stereocenters. The number of carbonyl (C=O) groups excluding carboxylic acids is 1. The Bertz CT molecular complexity index is 651. The lowest BCUT2D eigenvalue weighted by atomic mass is 10.2. The number of hydrogen-bond donors (Lipinski definition) is 2. The molecule has 20 heavy (non-hydrogen) atoms. The molecule has 104 valence electrons. The quantitative estimate of drug-likeness (QED) is 0.633. The predicted molar refractivity (Wildman–Crippen MR) is 68.8 cm³/mol. The Labute approximate surface area is 114 Å². The molecular formula is C12H12N4O4. The van der Waals surface area contributed by atoms with E-state index in [9.17, 15) is 9.90 Å². The zero-order valence-corrected chi connectivity index (χ0v) is 10.8. The molecule has 0 aliphatic carbocycles. The lowest BCUT2D eigenvalue weighted by molar-refractivity contribution is 0.0945. The average molecular weight is 276 g/mol. The number of hydrazone groups is 1. The fourth-order valence-corrected chi connectivity index (χ4v) is 1.41. The number of carbonyl (C=O) groups is 1. The van der Waals surface area contributed by atoms with Gasteiger partial charge in [-0.1, -0.05) is 5.16 Å². The number of phenolic OH excluding ortho intramolecular Hbond substituents is 1. The Kier molecular flexibility index (Phi) is 3.94. The van der Waals surface area contributed by atoms with E-state index in [1.54, 1.807) is 19.1 Å². The first-order valence-corrected chi connectivity index (χ1v) is 5.61. The monoisotopic (exact) mass is 276 g/mol. The molecule has 2 rings (SSSR count). The summed E-state index contributed by atoms with van der Waals surface area (Å²) in [4.78, 5) is 11.7. The van der Waals surface area contributed by atoms with Crippen molar-refractivity contribution >= 4 is 12.1 Å². The summed E-state index contributed by atoms with van der Waals surface area (Å²) >= 11 is 0. The number of aromatic hydroxyl groups is 1. The van der Waals surface area contributed by atoms with Gasteiger partial charge in [-0.05, 0) is 30.3 Å². The van der Waals surface area contributed by atoms with E-state index < -0.39 is 5.91 Å². The van der Waals surface area contributed by atoms with E-state index >= 15 is 0 Å². The van der Waals surface area contributed by atoms with Crippen LogP contribution in [0.15, 0.2) is 27.9 Å². The lowest BCUT2D eigenvalue weighted by Crippen LogP contribution is -2.19. The summed E-state index contributed by atoms with van der Waals surface area (Å²) in [6, 6.07) is 4.65. The highest BCUT2D eigenvalue weighted by Crippen LogP contribution is 2.20. The number of amides is 1. The van der Waals surface area contributed by atoms with Gasteiger partial charge in [0.2, 0.25) is 0 Å². The number of aromatic nitrogens is 2. The molecule has 8 heteroatoms. The van der Waals surface area contributed by atoms with Gasteiger partial charge in [-0.3, -0.25) is 4.79 Å². The molecule has 0 bridgehead atoms. The number of ether oxygens (including phenoxy) is 1. The van der Waals surface area contributed by atoms with Crippen LogP contribution < -0.4 is 10.2 Å². The smallest absolute Gasteiger partial charge is 0.295 e. The molecule has 0 radical (unpaired) electrons. The molecule has 0 spiro atoms. The van der Waals surface area contributed by atoms with Crippen molar-refractivity contribution in [1.82, 2.24) is 15.7 Å². The topological polar surface area (TPSA) is 110 Å². The van der Waals surface area contributed by atoms with Crippen LogP contribution in [0.4, 0.5) is 0 Å². The molecular weight excluding hydrogens is 264 g/mol. The maximum Gasteiger partial charge on any atom is 0.295 e. The predicted octanol–water partition coefficient (Wildman–Crippen LogP) is 0.856. The van der Waals surface area contributed by atoms with Gasteiger partial charge in [-0.15, -0.1) is 0 Å². The second-order valence-electron chi connectivity index (χ2n) is 3.82. The van der Waals surface area contributed by atoms with Crippen LogP contribution in [0.25, 0.3) is 0 Å². The first kappa shape index (κ1) is 13.5. The number of aryl methyl sites for hydroxylation is 1. The van der Waals surface area contributed by atoms with Crippen molar-refractivity contribution in [2.24, 2.45) is 5.10 Å². The molecule has 8 nitrogen and oxygen atoms in total. The van der Waals surface area contributed by atoms with Gasteiger partial charge < -0.3 is 9.84 Å². The fraction of sp³-hybridized carbons (Fsp3) is 0.167. The zero-order chi connectivity index (χ0) is 14.5. The maximum absolute atomic E-state index is 11.7. The standard InChI is InChI=1S/C12H12N4O4/c1-7-11(16-20-15-7)12(18)14-13-6-8-5-9(19-2)3-4-10(8)17/h3-6,17H,1-2H3,(H,14,18)/b13-6-. The van der Waals surface area contributed by atoms with Crippen LogP contribution in [0.5, 0.6) is 11.5 Å². The van der Waals surface area contributed by atoms with E-state index in [-0.39, 0.29) is 11.4 Å². The minimum Gasteiger partial charge on any atom is -0.507 e. The van der Waals surface area contributed by atoms with E-state index in [4.69, 9.17) is 4.74 Å². The van der Waals surface area contributed by atoms with Gasteiger partial charge in [0, 0.05) is 5.56 Å². The minimum atomic E-state index is -0.553. The van der Waals surface area contributed by atoms with Crippen molar-refractivity contribution in [3.05, 3.63) is 35.2 Å². The van der Waals surface area contributed by atoms with Gasteiger partial charge >= 0.3 is 0 Å². The summed E-state index contributed by atoms with van der Waals surface area (Å²) in [5, 5.41) is 20.3. The van der Waals surface area contributed by atoms with Crippen molar-refractivity contribution in [3.8, 4) is 11.5 Å². The second kappa shape index (κ2) is 5.83. The molecule has 0 fully saturated rings. The summed E-state index contributed by atoms with van der Waals surface area (Å²) in [5.41, 5.74) is 3.07. The van der Waals surface area contributed by atoms with Crippen LogP contribution in [0, 0.1) is 6.92 Å². The van der Waals surface area contributed by atoms with Crippen molar-refractivity contribution in [1.29, 1.82) is 0 Å². The Morgan fingerprint density at radius 1 is 1.50 bits per heavy atom. The van der Waals surface area contributed by atoms with Gasteiger partial charge in [0.05, 0.1) is 13.3 Å². The zero-order valence-electron chi connectivity index (χ0n) is 10.8. The summed E-state index contributed by atoms with van der Waals surface area (Å²) in [6.07, 6.45) is 1.29. The molecule has 0 unspecified atom stereocenters. The van der Waals surface area contributed by atoms with E-state index in [2.05, 4.69) is 25.5 Å². The Balaban J connectivity index is 2.07. The van der Waals surface area contributed by atoms with Crippen molar-refractivity contribution < 1.29 is 19.3 Å². The Hall–Kier alpha value is -2.90. The van der Waals surface area contributed by atoms with Crippen LogP contribution in [-0.2, 0) is 0 Å². The van der Waals surface area contributed by atoms with E-state index in [1.807, 2.05) is 0 Å². The summed E-state index contributed by atoms with van der Waals surface area (Å²) in [5.74, 6) is 0.0255. The van der Waals surface area contributed by atoms with Crippen molar-refractivity contribution in [2.45, 2.75) is 6.92 Å². The third kappa shape index (κ3) is 2.91. The van der Waals surface area contributed by atoms with Crippen LogP contribution in [0.1, 0.15) is 21.7 Å². The molecule has 1 heterocycles. The highest BCUT2D eigenvalue weighted by atomic mass is 16.6. The average Bonchev–Trinajstić information content (AvgIpc) is 2.87. The number of hydrogen-bond acceptors (Lipinski definition) is 7. The molecule has 1 amide bonds. The third-order valence-corrected chi connectivity index (χ3v) is 2.47. The van der Waals surface area contributed by atoms with Crippen molar-refractivity contribution in [3.63, 3.8) is 0 Å². The first-order chi connectivity index (χ1) is 9.61. The molecule has 0 saturated heterocycles. The number of benzene rings is 1. The third-order valence-electron chi connectivity index (χ3n) is 2.47. The molecule has 0 aliphatic heterocycles. The second-order valence-corrected chi connectivity index (χ2v) is 3.82. The number of rotatable bonds is 4. The highest BCUT2D eigenvalue weighted by molar-refractivity contribution is 5.94. The van der Waals surface area contributed by atoms with Gasteiger partial charge in [0.1, 0.15) is 17.2 Å². The summed E-state index contributed by atoms with van der Waals surface area (Å²) in [7, 11) is 1.51. The normalized spacial score (nSPS) is 10.7. The molecule has 0 saturated carbocycles. The van der Waals surface area contributed by atoms with Crippen LogP contribution in [-0.4, -0.2) is 34.7 Å². The summed E-state index contributed by atoms with van der Waals surface area (Å²) < 4.78 is 9.43. The molecule has 2 N–H and O–H groups in total. The fourth-order valence-electron chi connectivity index (χ4n) is 1.41. The molecule has 0 aliphatic rings. The molecule has 1 aromatic heterocycles. The Morgan fingerprint density at radius 3 is 2.95 bits per heavy atom. The highest BCUT2D eigenvalue weighted by Gasteiger charge is 2.13. The Morgan fingerprint density at radius 2 is 2.30 bits per heavy atom. The van der Waals surface area contributed by atoms with Crippen LogP contribution >= 0.6 is 0 Å². The molecule has 1 aromatic carbocycles. The van der Waals surface area contributed by atoms with Crippen LogP contribution in [0.3, 0.4) is 0 Å². The molecule has 2 aromatic rings. The first-order valence-electron chi connectivity index (χ1n) is 5.61. The van der Waals surface area contributed by atoms with Crippen molar-refractivity contribution in [2.75, 3.05) is 7.11 Å². The van der Waals surface area contributed by atoms with Gasteiger partial charge in [0.25, 0.3) is 5.91 Å². The van der Waals surface area contributed by atoms with E-state index in [0.29, 0.717) is 17.0 Å². The van der Waals surface area contributed by atoms with Crippen LogP contribution in [0.2, 0.25) is 0 Å². The van der Waals surface area contributed by atoms with Gasteiger partial charge in [0.15, 0.2) is 5.69 Å². The van der Waals surface area contributed by atoms with E-state index in [0.717, 1.165) is 0 Å². The largest absolute Gasteiger partial charge is 0.507 e. The number of nitrogens with zero attached hydrogens (tertiary/aromatic N) is 3. The van der Waals surface area contributed by atoms with Gasteiger partial charge in [-0.25, -0.2) is 10.1 Å². The number of methoxy groups -OCH3 is 1. The van der Waals surface area contributed by atoms with E-state index in [1.165, 1.54) is 19.4 Å². The SMILES string of the molecule is COc1ccc(O)c(/C=N\NC(=O)c2nonc2C)c1. The number of nitrogens with one attached hydrogen (secondary N) is 1.